The molecule has 1 fully saturated rings. The highest BCUT2D eigenvalue weighted by Crippen LogP contribution is 2.17. The van der Waals surface area contributed by atoms with Crippen LogP contribution in [-0.4, -0.2) is 36.9 Å². The molecule has 1 heterocycles. The second-order valence-corrected chi connectivity index (χ2v) is 5.63. The summed E-state index contributed by atoms with van der Waals surface area (Å²) in [6, 6.07) is 5.36. The fourth-order valence-electron chi connectivity index (χ4n) is 2.32. The van der Waals surface area contributed by atoms with Gasteiger partial charge in [0.05, 0.1) is 18.3 Å². The van der Waals surface area contributed by atoms with Crippen LogP contribution in [0.2, 0.25) is 0 Å². The molecule has 0 radical (unpaired) electrons. The van der Waals surface area contributed by atoms with Gasteiger partial charge in [-0.25, -0.2) is 4.79 Å². The van der Waals surface area contributed by atoms with Crippen LogP contribution >= 0.6 is 12.2 Å². The van der Waals surface area contributed by atoms with Crippen molar-refractivity contribution in [3.63, 3.8) is 0 Å². The number of carbonyl (C=O) groups excluding carboxylic acids is 1. The Morgan fingerprint density at radius 3 is 2.95 bits per heavy atom. The zero-order valence-electron chi connectivity index (χ0n) is 13.0. The number of carbonyl (C=O) groups is 1. The molecule has 0 unspecified atom stereocenters. The van der Waals surface area contributed by atoms with E-state index in [2.05, 4.69) is 10.6 Å². The van der Waals surface area contributed by atoms with Gasteiger partial charge >= 0.3 is 5.97 Å². The quantitative estimate of drug-likeness (QED) is 0.642. The molecule has 5 nitrogen and oxygen atoms in total. The van der Waals surface area contributed by atoms with Crippen LogP contribution in [0.15, 0.2) is 18.2 Å². The summed E-state index contributed by atoms with van der Waals surface area (Å²) in [6.07, 6.45) is 2.43. The van der Waals surface area contributed by atoms with Gasteiger partial charge in [0.2, 0.25) is 0 Å². The molecule has 22 heavy (non-hydrogen) atoms. The van der Waals surface area contributed by atoms with Gasteiger partial charge in [0.15, 0.2) is 5.11 Å². The summed E-state index contributed by atoms with van der Waals surface area (Å²) in [7, 11) is 0. The van der Waals surface area contributed by atoms with E-state index in [9.17, 15) is 4.79 Å². The maximum absolute atomic E-state index is 11.7. The molecule has 1 aromatic carbocycles. The highest BCUT2D eigenvalue weighted by molar-refractivity contribution is 7.80. The highest BCUT2D eigenvalue weighted by Gasteiger charge is 2.15. The normalized spacial score (nSPS) is 17.1. The molecular weight excluding hydrogens is 300 g/mol. The van der Waals surface area contributed by atoms with Crippen LogP contribution in [0.25, 0.3) is 0 Å². The predicted molar refractivity (Wildman–Crippen MR) is 90.3 cm³/mol. The average molecular weight is 322 g/mol. The lowest BCUT2D eigenvalue weighted by atomic mass is 10.1. The van der Waals surface area contributed by atoms with Crippen molar-refractivity contribution < 1.29 is 14.3 Å². The average Bonchev–Trinajstić information content (AvgIpc) is 3.01. The number of nitrogens with one attached hydrogen (secondary N) is 2. The van der Waals surface area contributed by atoms with E-state index in [4.69, 9.17) is 21.7 Å². The number of benzene rings is 1. The Bertz CT molecular complexity index is 542. The lowest BCUT2D eigenvalue weighted by Gasteiger charge is -2.15. The third-order valence-electron chi connectivity index (χ3n) is 3.50. The number of aryl methyl sites for hydroxylation is 1. The second kappa shape index (κ2) is 8.10. The zero-order chi connectivity index (χ0) is 15.9. The Kier molecular flexibility index (Phi) is 6.15. The van der Waals surface area contributed by atoms with E-state index in [0.717, 1.165) is 30.7 Å². The maximum Gasteiger partial charge on any atom is 0.338 e. The number of thiocarbonyl (C=S) groups is 1. The van der Waals surface area contributed by atoms with Gasteiger partial charge in [-0.2, -0.15) is 0 Å². The number of hydrogen-bond acceptors (Lipinski definition) is 4. The van der Waals surface area contributed by atoms with E-state index in [1.165, 1.54) is 0 Å². The van der Waals surface area contributed by atoms with Crippen molar-refractivity contribution in [2.45, 2.75) is 32.8 Å². The van der Waals surface area contributed by atoms with E-state index in [0.29, 0.717) is 23.8 Å². The Hall–Kier alpha value is -1.66. The summed E-state index contributed by atoms with van der Waals surface area (Å²) >= 11 is 5.29. The van der Waals surface area contributed by atoms with Gasteiger partial charge < -0.3 is 20.1 Å². The van der Waals surface area contributed by atoms with E-state index in [-0.39, 0.29) is 12.1 Å². The van der Waals surface area contributed by atoms with E-state index < -0.39 is 0 Å². The first-order chi connectivity index (χ1) is 10.6. The van der Waals surface area contributed by atoms with Gasteiger partial charge in [-0.15, -0.1) is 0 Å². The SMILES string of the molecule is CCOC(=O)c1ccc(NC(=S)NC[C@H]2CCCO2)c(C)c1. The van der Waals surface area contributed by atoms with Crippen molar-refractivity contribution >= 4 is 29.0 Å². The van der Waals surface area contributed by atoms with Crippen molar-refractivity contribution in [2.75, 3.05) is 25.1 Å². The number of anilines is 1. The lowest BCUT2D eigenvalue weighted by molar-refractivity contribution is 0.0526. The Labute approximate surface area is 136 Å². The minimum absolute atomic E-state index is 0.243. The lowest BCUT2D eigenvalue weighted by Crippen LogP contribution is -2.35. The van der Waals surface area contributed by atoms with Crippen LogP contribution in [0.1, 0.15) is 35.7 Å². The van der Waals surface area contributed by atoms with Gasteiger partial charge in [-0.1, -0.05) is 0 Å². The summed E-state index contributed by atoms with van der Waals surface area (Å²) in [5.74, 6) is -0.309. The fourth-order valence-corrected chi connectivity index (χ4v) is 2.52. The largest absolute Gasteiger partial charge is 0.462 e. The number of esters is 1. The Balaban J connectivity index is 1.88. The first-order valence-corrected chi connectivity index (χ1v) is 7.95. The molecule has 1 saturated heterocycles. The van der Waals surface area contributed by atoms with Gasteiger partial charge in [-0.05, 0) is 62.7 Å². The van der Waals surface area contributed by atoms with Crippen LogP contribution in [0.3, 0.4) is 0 Å². The minimum atomic E-state index is -0.309. The molecule has 0 bridgehead atoms. The monoisotopic (exact) mass is 322 g/mol. The van der Waals surface area contributed by atoms with E-state index in [1.54, 1.807) is 19.1 Å². The molecule has 1 aliphatic rings. The molecule has 2 N–H and O–H groups in total. The molecule has 6 heteroatoms. The van der Waals surface area contributed by atoms with Crippen molar-refractivity contribution in [3.05, 3.63) is 29.3 Å². The number of rotatable bonds is 5. The predicted octanol–water partition coefficient (Wildman–Crippen LogP) is 2.64. The highest BCUT2D eigenvalue weighted by atomic mass is 32.1. The van der Waals surface area contributed by atoms with Crippen LogP contribution in [0, 0.1) is 6.92 Å². The second-order valence-electron chi connectivity index (χ2n) is 5.22. The van der Waals surface area contributed by atoms with Crippen molar-refractivity contribution in [3.8, 4) is 0 Å². The molecule has 1 aliphatic heterocycles. The third-order valence-corrected chi connectivity index (χ3v) is 3.75. The van der Waals surface area contributed by atoms with Crippen LogP contribution < -0.4 is 10.6 Å². The summed E-state index contributed by atoms with van der Waals surface area (Å²) < 4.78 is 10.5. The van der Waals surface area contributed by atoms with E-state index >= 15 is 0 Å². The van der Waals surface area contributed by atoms with Crippen LogP contribution in [-0.2, 0) is 9.47 Å². The molecule has 0 aromatic heterocycles. The smallest absolute Gasteiger partial charge is 0.338 e. The summed E-state index contributed by atoms with van der Waals surface area (Å²) in [5, 5.41) is 6.86. The topological polar surface area (TPSA) is 59.6 Å². The van der Waals surface area contributed by atoms with Crippen molar-refractivity contribution in [2.24, 2.45) is 0 Å². The third kappa shape index (κ3) is 4.68. The van der Waals surface area contributed by atoms with E-state index in [1.807, 2.05) is 13.0 Å². The van der Waals surface area contributed by atoms with Gasteiger partial charge in [0.1, 0.15) is 0 Å². The first-order valence-electron chi connectivity index (χ1n) is 7.54. The molecule has 120 valence electrons. The number of hydrogen-bond donors (Lipinski definition) is 2. The molecule has 0 saturated carbocycles. The van der Waals surface area contributed by atoms with Crippen LogP contribution in [0.4, 0.5) is 5.69 Å². The van der Waals surface area contributed by atoms with Gasteiger partial charge in [0.25, 0.3) is 0 Å². The molecule has 0 spiro atoms. The van der Waals surface area contributed by atoms with Gasteiger partial charge in [-0.3, -0.25) is 0 Å². The zero-order valence-corrected chi connectivity index (χ0v) is 13.8. The molecule has 0 aliphatic carbocycles. The minimum Gasteiger partial charge on any atom is -0.462 e. The Morgan fingerprint density at radius 1 is 1.50 bits per heavy atom. The maximum atomic E-state index is 11.7. The van der Waals surface area contributed by atoms with Crippen molar-refractivity contribution in [1.29, 1.82) is 0 Å². The first kappa shape index (κ1) is 16.7. The summed E-state index contributed by atoms with van der Waals surface area (Å²) in [5.41, 5.74) is 2.35. The molecule has 1 aromatic rings. The summed E-state index contributed by atoms with van der Waals surface area (Å²) in [4.78, 5) is 11.7. The van der Waals surface area contributed by atoms with Crippen molar-refractivity contribution in [1.82, 2.24) is 5.32 Å². The van der Waals surface area contributed by atoms with Crippen LogP contribution in [0.5, 0.6) is 0 Å². The van der Waals surface area contributed by atoms with Gasteiger partial charge in [0, 0.05) is 18.8 Å². The molecular formula is C16H22N2O3S. The molecule has 2 rings (SSSR count). The standard InChI is InChI=1S/C16H22N2O3S/c1-3-20-15(19)12-6-7-14(11(2)9-12)18-16(22)17-10-13-5-4-8-21-13/h6-7,9,13H,3-5,8,10H2,1-2H3,(H2,17,18,22)/t13-/m1/s1. The summed E-state index contributed by atoms with van der Waals surface area (Å²) in [6.45, 7) is 5.63. The molecule has 1 atom stereocenters. The Morgan fingerprint density at radius 2 is 2.32 bits per heavy atom. The molecule has 0 amide bonds. The number of ether oxygens (including phenoxy) is 2. The fraction of sp³-hybridized carbons (Fsp3) is 0.500.